The van der Waals surface area contributed by atoms with Crippen molar-refractivity contribution < 1.29 is 4.79 Å². The third-order valence-corrected chi connectivity index (χ3v) is 2.07. The largest absolute Gasteiger partial charge is 0.367 e. The van der Waals surface area contributed by atoms with Crippen LogP contribution >= 0.6 is 0 Å². The summed E-state index contributed by atoms with van der Waals surface area (Å²) in [4.78, 5) is 14.3. The van der Waals surface area contributed by atoms with Gasteiger partial charge in [0.25, 0.3) is 0 Å². The van der Waals surface area contributed by atoms with Crippen molar-refractivity contribution in [3.05, 3.63) is 24.0 Å². The maximum atomic E-state index is 11.4. The molecule has 0 fully saturated rings. The maximum absolute atomic E-state index is 11.4. The van der Waals surface area contributed by atoms with Crippen LogP contribution in [0.3, 0.4) is 0 Å². The van der Waals surface area contributed by atoms with Crippen molar-refractivity contribution in [1.82, 2.24) is 10.3 Å². The standard InChI is InChI=1S/C10H17N3O/c1-2-3-9(11)10(14)13-7-8-4-5-12-6-8/h4-6,9,12H,2-3,7,11H2,1H3,(H,13,14)/t9-/m1/s1. The summed E-state index contributed by atoms with van der Waals surface area (Å²) in [6.07, 6.45) is 5.34. The van der Waals surface area contributed by atoms with E-state index in [0.717, 1.165) is 18.4 Å². The molecule has 4 nitrogen and oxygen atoms in total. The van der Waals surface area contributed by atoms with E-state index in [9.17, 15) is 4.79 Å². The smallest absolute Gasteiger partial charge is 0.237 e. The van der Waals surface area contributed by atoms with E-state index < -0.39 is 0 Å². The summed E-state index contributed by atoms with van der Waals surface area (Å²) in [7, 11) is 0. The van der Waals surface area contributed by atoms with Gasteiger partial charge in [0.05, 0.1) is 6.04 Å². The first-order chi connectivity index (χ1) is 6.74. The van der Waals surface area contributed by atoms with Gasteiger partial charge in [-0.25, -0.2) is 0 Å². The molecule has 0 saturated heterocycles. The molecule has 0 radical (unpaired) electrons. The van der Waals surface area contributed by atoms with Crippen LogP contribution in [0.25, 0.3) is 0 Å². The Balaban J connectivity index is 2.27. The molecule has 4 N–H and O–H groups in total. The van der Waals surface area contributed by atoms with Crippen molar-refractivity contribution in [2.24, 2.45) is 5.73 Å². The van der Waals surface area contributed by atoms with Crippen LogP contribution in [0.4, 0.5) is 0 Å². The minimum Gasteiger partial charge on any atom is -0.367 e. The van der Waals surface area contributed by atoms with E-state index in [1.807, 2.05) is 25.4 Å². The molecule has 1 amide bonds. The van der Waals surface area contributed by atoms with Crippen molar-refractivity contribution in [1.29, 1.82) is 0 Å². The third kappa shape index (κ3) is 3.22. The second-order valence-electron chi connectivity index (χ2n) is 3.33. The topological polar surface area (TPSA) is 70.9 Å². The van der Waals surface area contributed by atoms with Crippen LogP contribution in [0.15, 0.2) is 18.5 Å². The zero-order valence-electron chi connectivity index (χ0n) is 8.42. The van der Waals surface area contributed by atoms with E-state index >= 15 is 0 Å². The molecule has 1 aromatic heterocycles. The molecule has 1 heterocycles. The van der Waals surface area contributed by atoms with Crippen molar-refractivity contribution in [3.8, 4) is 0 Å². The number of H-pyrrole nitrogens is 1. The van der Waals surface area contributed by atoms with E-state index in [2.05, 4.69) is 10.3 Å². The number of aromatic nitrogens is 1. The van der Waals surface area contributed by atoms with Gasteiger partial charge in [0, 0.05) is 18.9 Å². The number of hydrogen-bond donors (Lipinski definition) is 3. The highest BCUT2D eigenvalue weighted by molar-refractivity contribution is 5.81. The van der Waals surface area contributed by atoms with Gasteiger partial charge in [0.15, 0.2) is 0 Å². The summed E-state index contributed by atoms with van der Waals surface area (Å²) in [6.45, 7) is 2.55. The lowest BCUT2D eigenvalue weighted by atomic mass is 10.1. The molecule has 1 aromatic rings. The fourth-order valence-electron chi connectivity index (χ4n) is 1.23. The van der Waals surface area contributed by atoms with Crippen LogP contribution in [-0.2, 0) is 11.3 Å². The Labute approximate surface area is 83.9 Å². The molecule has 0 aliphatic heterocycles. The highest BCUT2D eigenvalue weighted by Crippen LogP contribution is 1.97. The van der Waals surface area contributed by atoms with Crippen molar-refractivity contribution in [2.75, 3.05) is 0 Å². The summed E-state index contributed by atoms with van der Waals surface area (Å²) in [5.41, 5.74) is 6.70. The number of carbonyl (C=O) groups is 1. The Morgan fingerprint density at radius 1 is 1.71 bits per heavy atom. The molecular weight excluding hydrogens is 178 g/mol. The van der Waals surface area contributed by atoms with Gasteiger partial charge in [-0.2, -0.15) is 0 Å². The molecule has 1 rings (SSSR count). The molecule has 0 bridgehead atoms. The third-order valence-electron chi connectivity index (χ3n) is 2.07. The normalized spacial score (nSPS) is 12.4. The Kier molecular flexibility index (Phi) is 4.19. The maximum Gasteiger partial charge on any atom is 0.237 e. The molecule has 0 aliphatic rings. The van der Waals surface area contributed by atoms with Crippen LogP contribution in [-0.4, -0.2) is 16.9 Å². The van der Waals surface area contributed by atoms with Crippen molar-refractivity contribution in [3.63, 3.8) is 0 Å². The van der Waals surface area contributed by atoms with Gasteiger partial charge in [-0.3, -0.25) is 4.79 Å². The molecule has 1 atom stereocenters. The molecule has 4 heteroatoms. The number of carbonyl (C=O) groups excluding carboxylic acids is 1. The summed E-state index contributed by atoms with van der Waals surface area (Å²) >= 11 is 0. The summed E-state index contributed by atoms with van der Waals surface area (Å²) in [5.74, 6) is -0.0759. The van der Waals surface area contributed by atoms with Crippen molar-refractivity contribution >= 4 is 5.91 Å². The number of hydrogen-bond acceptors (Lipinski definition) is 2. The second kappa shape index (κ2) is 5.44. The van der Waals surface area contributed by atoms with Gasteiger partial charge in [-0.1, -0.05) is 13.3 Å². The van der Waals surface area contributed by atoms with Gasteiger partial charge < -0.3 is 16.0 Å². The fraction of sp³-hybridized carbons (Fsp3) is 0.500. The highest BCUT2D eigenvalue weighted by atomic mass is 16.2. The Bertz CT molecular complexity index is 269. The van der Waals surface area contributed by atoms with Gasteiger partial charge in [-0.15, -0.1) is 0 Å². The lowest BCUT2D eigenvalue weighted by Crippen LogP contribution is -2.39. The van der Waals surface area contributed by atoms with Crippen LogP contribution in [0.1, 0.15) is 25.3 Å². The molecule has 14 heavy (non-hydrogen) atoms. The van der Waals surface area contributed by atoms with Crippen LogP contribution in [0.2, 0.25) is 0 Å². The number of aromatic amines is 1. The number of amides is 1. The number of rotatable bonds is 5. The van der Waals surface area contributed by atoms with Crippen LogP contribution in [0, 0.1) is 0 Å². The van der Waals surface area contributed by atoms with Crippen LogP contribution in [0.5, 0.6) is 0 Å². The SMILES string of the molecule is CCC[C@@H](N)C(=O)NCc1cc[nH]c1. The molecule has 0 saturated carbocycles. The quantitative estimate of drug-likeness (QED) is 0.649. The van der Waals surface area contributed by atoms with Crippen molar-refractivity contribution in [2.45, 2.75) is 32.4 Å². The Morgan fingerprint density at radius 3 is 3.07 bits per heavy atom. The average Bonchev–Trinajstić information content (AvgIpc) is 2.67. The first-order valence-corrected chi connectivity index (χ1v) is 4.89. The van der Waals surface area contributed by atoms with Crippen LogP contribution < -0.4 is 11.1 Å². The summed E-state index contributed by atoms with van der Waals surface area (Å²) in [6, 6.07) is 1.55. The van der Waals surface area contributed by atoms with E-state index in [1.54, 1.807) is 0 Å². The highest BCUT2D eigenvalue weighted by Gasteiger charge is 2.10. The van der Waals surface area contributed by atoms with E-state index in [1.165, 1.54) is 0 Å². The van der Waals surface area contributed by atoms with E-state index in [4.69, 9.17) is 5.73 Å². The predicted octanol–water partition coefficient (Wildman–Crippen LogP) is 0.758. The van der Waals surface area contributed by atoms with E-state index in [0.29, 0.717) is 6.54 Å². The zero-order valence-corrected chi connectivity index (χ0v) is 8.42. The Morgan fingerprint density at radius 2 is 2.50 bits per heavy atom. The first kappa shape index (κ1) is 10.8. The molecule has 0 aromatic carbocycles. The number of nitrogens with two attached hydrogens (primary N) is 1. The molecule has 0 unspecified atom stereocenters. The Hall–Kier alpha value is -1.29. The second-order valence-corrected chi connectivity index (χ2v) is 3.33. The lowest BCUT2D eigenvalue weighted by Gasteiger charge is -2.10. The van der Waals surface area contributed by atoms with Gasteiger partial charge in [0.1, 0.15) is 0 Å². The molecule has 78 valence electrons. The minimum absolute atomic E-state index is 0.0759. The number of nitrogens with one attached hydrogen (secondary N) is 2. The molecule has 0 aliphatic carbocycles. The first-order valence-electron chi connectivity index (χ1n) is 4.89. The fourth-order valence-corrected chi connectivity index (χ4v) is 1.23. The average molecular weight is 195 g/mol. The molecule has 0 spiro atoms. The van der Waals surface area contributed by atoms with Gasteiger partial charge >= 0.3 is 0 Å². The lowest BCUT2D eigenvalue weighted by molar-refractivity contribution is -0.122. The van der Waals surface area contributed by atoms with Gasteiger partial charge in [-0.05, 0) is 18.1 Å². The zero-order chi connectivity index (χ0) is 10.4. The van der Waals surface area contributed by atoms with Gasteiger partial charge in [0.2, 0.25) is 5.91 Å². The van der Waals surface area contributed by atoms with E-state index in [-0.39, 0.29) is 11.9 Å². The summed E-state index contributed by atoms with van der Waals surface area (Å²) < 4.78 is 0. The summed E-state index contributed by atoms with van der Waals surface area (Å²) in [5, 5.41) is 2.79. The molecular formula is C10H17N3O. The minimum atomic E-state index is -0.376. The predicted molar refractivity (Wildman–Crippen MR) is 55.5 cm³/mol. The monoisotopic (exact) mass is 195 g/mol.